The van der Waals surface area contributed by atoms with Crippen molar-refractivity contribution in [2.24, 2.45) is 0 Å². The average Bonchev–Trinajstić information content (AvgIpc) is 3.20. The van der Waals surface area contributed by atoms with Gasteiger partial charge in [-0.05, 0) is 38.1 Å². The van der Waals surface area contributed by atoms with Gasteiger partial charge in [-0.1, -0.05) is 18.2 Å². The smallest absolute Gasteiger partial charge is 0.257 e. The van der Waals surface area contributed by atoms with E-state index < -0.39 is 0 Å². The van der Waals surface area contributed by atoms with Crippen molar-refractivity contribution in [3.05, 3.63) is 65.3 Å². The molecule has 0 spiro atoms. The number of hydrogen-bond acceptors (Lipinski definition) is 7. The molecule has 2 atom stereocenters. The number of aromatic nitrogens is 2. The van der Waals surface area contributed by atoms with E-state index in [1.807, 2.05) is 32.0 Å². The van der Waals surface area contributed by atoms with E-state index in [1.165, 1.54) is 11.3 Å². The highest BCUT2D eigenvalue weighted by Gasteiger charge is 2.23. The van der Waals surface area contributed by atoms with Crippen molar-refractivity contribution in [3.63, 3.8) is 0 Å². The number of thiazole rings is 1. The number of anilines is 3. The molecular formula is C23H25N5O3S. The molecular weight excluding hydrogens is 426 g/mol. The summed E-state index contributed by atoms with van der Waals surface area (Å²) in [6, 6.07) is 12.7. The average molecular weight is 452 g/mol. The lowest BCUT2D eigenvalue weighted by molar-refractivity contribution is -0.115. The second-order valence-electron chi connectivity index (χ2n) is 7.76. The van der Waals surface area contributed by atoms with Gasteiger partial charge in [0.2, 0.25) is 5.91 Å². The molecule has 32 heavy (non-hydrogen) atoms. The van der Waals surface area contributed by atoms with Gasteiger partial charge in [0.05, 0.1) is 36.2 Å². The first-order valence-corrected chi connectivity index (χ1v) is 11.3. The van der Waals surface area contributed by atoms with Crippen molar-refractivity contribution in [3.8, 4) is 0 Å². The number of pyridine rings is 1. The summed E-state index contributed by atoms with van der Waals surface area (Å²) in [5.41, 5.74) is 1.77. The van der Waals surface area contributed by atoms with Crippen LogP contribution in [0.3, 0.4) is 0 Å². The second-order valence-corrected chi connectivity index (χ2v) is 8.61. The highest BCUT2D eigenvalue weighted by atomic mass is 32.1. The molecule has 0 saturated carbocycles. The molecule has 0 radical (unpaired) electrons. The second kappa shape index (κ2) is 9.88. The van der Waals surface area contributed by atoms with Crippen molar-refractivity contribution in [1.29, 1.82) is 0 Å². The fourth-order valence-corrected chi connectivity index (χ4v) is 4.29. The zero-order valence-electron chi connectivity index (χ0n) is 17.9. The molecule has 2 amide bonds. The summed E-state index contributed by atoms with van der Waals surface area (Å²) in [5.74, 6) is 0.439. The number of ether oxygens (including phenoxy) is 1. The largest absolute Gasteiger partial charge is 0.372 e. The third-order valence-corrected chi connectivity index (χ3v) is 5.73. The number of nitrogens with one attached hydrogen (secondary N) is 2. The van der Waals surface area contributed by atoms with Crippen LogP contribution in [0, 0.1) is 0 Å². The van der Waals surface area contributed by atoms with Crippen LogP contribution in [-0.2, 0) is 16.0 Å². The zero-order chi connectivity index (χ0) is 22.5. The predicted molar refractivity (Wildman–Crippen MR) is 125 cm³/mol. The Labute approximate surface area is 190 Å². The Morgan fingerprint density at radius 3 is 2.53 bits per heavy atom. The van der Waals surface area contributed by atoms with Crippen LogP contribution in [0.4, 0.5) is 16.6 Å². The van der Waals surface area contributed by atoms with Gasteiger partial charge in [-0.3, -0.25) is 14.9 Å². The first kappa shape index (κ1) is 21.9. The maximum absolute atomic E-state index is 12.4. The first-order valence-electron chi connectivity index (χ1n) is 10.4. The number of morpholine rings is 1. The number of amides is 2. The number of rotatable bonds is 6. The van der Waals surface area contributed by atoms with E-state index >= 15 is 0 Å². The van der Waals surface area contributed by atoms with Crippen molar-refractivity contribution in [2.45, 2.75) is 32.5 Å². The third-order valence-electron chi connectivity index (χ3n) is 4.93. The van der Waals surface area contributed by atoms with E-state index in [0.29, 0.717) is 22.1 Å². The normalized spacial score (nSPS) is 18.2. The molecule has 1 aliphatic heterocycles. The topological polar surface area (TPSA) is 96.5 Å². The lowest BCUT2D eigenvalue weighted by Crippen LogP contribution is -2.45. The summed E-state index contributed by atoms with van der Waals surface area (Å²) in [5, 5.41) is 7.83. The SMILES string of the molecule is CC1CN(c2ccc(NC(=O)Cc3csc(NC(=O)c4ccccc4)n3)cn2)CC(C)O1. The fourth-order valence-electron chi connectivity index (χ4n) is 3.59. The zero-order valence-corrected chi connectivity index (χ0v) is 18.8. The summed E-state index contributed by atoms with van der Waals surface area (Å²) < 4.78 is 5.76. The summed E-state index contributed by atoms with van der Waals surface area (Å²) >= 11 is 1.29. The molecule has 8 nitrogen and oxygen atoms in total. The quantitative estimate of drug-likeness (QED) is 0.595. The molecule has 0 bridgehead atoms. The minimum absolute atomic E-state index is 0.109. The van der Waals surface area contributed by atoms with Crippen molar-refractivity contribution in [1.82, 2.24) is 9.97 Å². The molecule has 166 valence electrons. The minimum Gasteiger partial charge on any atom is -0.372 e. The van der Waals surface area contributed by atoms with Gasteiger partial charge in [-0.15, -0.1) is 11.3 Å². The van der Waals surface area contributed by atoms with E-state index in [4.69, 9.17) is 4.74 Å². The standard InChI is InChI=1S/C23H25N5O3S/c1-15-12-28(13-16(2)31-15)20-9-8-18(11-24-20)25-21(29)10-19-14-32-23(26-19)27-22(30)17-6-4-3-5-7-17/h3-9,11,14-16H,10,12-13H2,1-2H3,(H,25,29)(H,26,27,30). The molecule has 1 aliphatic rings. The van der Waals surface area contributed by atoms with Gasteiger partial charge < -0.3 is 15.0 Å². The molecule has 1 saturated heterocycles. The van der Waals surface area contributed by atoms with Crippen LogP contribution in [0.1, 0.15) is 29.9 Å². The van der Waals surface area contributed by atoms with E-state index in [9.17, 15) is 9.59 Å². The highest BCUT2D eigenvalue weighted by molar-refractivity contribution is 7.14. The molecule has 2 N–H and O–H groups in total. The summed E-state index contributed by atoms with van der Waals surface area (Å²) in [6.45, 7) is 5.68. The van der Waals surface area contributed by atoms with Crippen molar-refractivity contribution < 1.29 is 14.3 Å². The van der Waals surface area contributed by atoms with Gasteiger partial charge in [0.1, 0.15) is 5.82 Å². The van der Waals surface area contributed by atoms with Crippen molar-refractivity contribution in [2.75, 3.05) is 28.6 Å². The van der Waals surface area contributed by atoms with Crippen LogP contribution >= 0.6 is 11.3 Å². The summed E-state index contributed by atoms with van der Waals surface area (Å²) in [6.07, 6.45) is 2.07. The van der Waals surface area contributed by atoms with Gasteiger partial charge in [0.15, 0.2) is 5.13 Å². The molecule has 9 heteroatoms. The number of benzene rings is 1. The Morgan fingerprint density at radius 2 is 1.84 bits per heavy atom. The van der Waals surface area contributed by atoms with Crippen molar-refractivity contribution >= 4 is 39.8 Å². The van der Waals surface area contributed by atoms with Gasteiger partial charge in [0.25, 0.3) is 5.91 Å². The maximum Gasteiger partial charge on any atom is 0.257 e. The summed E-state index contributed by atoms with van der Waals surface area (Å²) in [4.78, 5) is 35.7. The Kier molecular flexibility index (Phi) is 6.77. The van der Waals surface area contributed by atoms with E-state index in [-0.39, 0.29) is 30.4 Å². The lowest BCUT2D eigenvalue weighted by Gasteiger charge is -2.36. The van der Waals surface area contributed by atoms with Crippen LogP contribution in [-0.4, -0.2) is 47.1 Å². The number of carbonyl (C=O) groups excluding carboxylic acids is 2. The molecule has 0 aliphatic carbocycles. The lowest BCUT2D eigenvalue weighted by atomic mass is 10.2. The minimum atomic E-state index is -0.230. The molecule has 3 aromatic rings. The summed E-state index contributed by atoms with van der Waals surface area (Å²) in [7, 11) is 0. The van der Waals surface area contributed by atoms with Gasteiger partial charge in [-0.2, -0.15) is 0 Å². The van der Waals surface area contributed by atoms with Gasteiger partial charge in [0, 0.05) is 24.0 Å². The Morgan fingerprint density at radius 1 is 1.09 bits per heavy atom. The predicted octanol–water partition coefficient (Wildman–Crippen LogP) is 3.59. The first-order chi connectivity index (χ1) is 15.5. The molecule has 1 aromatic carbocycles. The molecule has 2 unspecified atom stereocenters. The Hall–Kier alpha value is -3.30. The van der Waals surface area contributed by atoms with E-state index in [2.05, 4.69) is 25.5 Å². The Bertz CT molecular complexity index is 1060. The molecule has 2 aromatic heterocycles. The van der Waals surface area contributed by atoms with Crippen LogP contribution < -0.4 is 15.5 Å². The van der Waals surface area contributed by atoms with E-state index in [0.717, 1.165) is 18.9 Å². The molecule has 4 rings (SSSR count). The molecule has 1 fully saturated rings. The van der Waals surface area contributed by atoms with Crippen LogP contribution in [0.2, 0.25) is 0 Å². The van der Waals surface area contributed by atoms with Crippen LogP contribution in [0.15, 0.2) is 54.0 Å². The number of hydrogen-bond donors (Lipinski definition) is 2. The fraction of sp³-hybridized carbons (Fsp3) is 0.304. The number of carbonyl (C=O) groups is 2. The highest BCUT2D eigenvalue weighted by Crippen LogP contribution is 2.20. The van der Waals surface area contributed by atoms with E-state index in [1.54, 1.807) is 35.8 Å². The maximum atomic E-state index is 12.4. The third kappa shape index (κ3) is 5.68. The van der Waals surface area contributed by atoms with Crippen LogP contribution in [0.25, 0.3) is 0 Å². The molecule has 3 heterocycles. The Balaban J connectivity index is 1.30. The monoisotopic (exact) mass is 451 g/mol. The van der Waals surface area contributed by atoms with Gasteiger partial charge >= 0.3 is 0 Å². The van der Waals surface area contributed by atoms with Crippen LogP contribution in [0.5, 0.6) is 0 Å². The van der Waals surface area contributed by atoms with Gasteiger partial charge in [-0.25, -0.2) is 9.97 Å². The number of nitrogens with zero attached hydrogens (tertiary/aromatic N) is 3.